The number of carbonyl (C=O) groups is 1. The number of aromatic hydroxyl groups is 1. The molecule has 0 aliphatic carbocycles. The minimum atomic E-state index is -0.210. The fourth-order valence-corrected chi connectivity index (χ4v) is 3.64. The molecule has 0 fully saturated rings. The van der Waals surface area contributed by atoms with Crippen LogP contribution in [0.5, 0.6) is 5.75 Å². The zero-order valence-corrected chi connectivity index (χ0v) is 17.2. The maximum absolute atomic E-state index is 12.3. The quantitative estimate of drug-likeness (QED) is 0.448. The van der Waals surface area contributed by atoms with E-state index in [2.05, 4.69) is 15.6 Å². The van der Waals surface area contributed by atoms with Crippen LogP contribution >= 0.6 is 11.8 Å². The molecule has 1 unspecified atom stereocenters. The summed E-state index contributed by atoms with van der Waals surface area (Å²) in [4.78, 5) is 16.6. The Kier molecular flexibility index (Phi) is 7.53. The highest BCUT2D eigenvalue weighted by Gasteiger charge is 2.08. The first-order valence-corrected chi connectivity index (χ1v) is 10.6. The largest absolute Gasteiger partial charge is 0.508 e. The van der Waals surface area contributed by atoms with Gasteiger partial charge < -0.3 is 15.7 Å². The summed E-state index contributed by atoms with van der Waals surface area (Å²) in [7, 11) is 0. The lowest BCUT2D eigenvalue weighted by molar-refractivity contribution is 0.248. The number of aromatic nitrogens is 1. The van der Waals surface area contributed by atoms with Gasteiger partial charge in [-0.05, 0) is 67.3 Å². The molecule has 6 heteroatoms. The van der Waals surface area contributed by atoms with Crippen molar-refractivity contribution in [2.45, 2.75) is 36.6 Å². The molecule has 0 bridgehead atoms. The van der Waals surface area contributed by atoms with E-state index >= 15 is 0 Å². The molecule has 1 atom stereocenters. The summed E-state index contributed by atoms with van der Waals surface area (Å²) in [6.07, 6.45) is 3.44. The summed E-state index contributed by atoms with van der Waals surface area (Å²) in [5.74, 6) is 1.05. The number of pyridine rings is 1. The molecule has 2 amide bonds. The second-order valence-electron chi connectivity index (χ2n) is 6.86. The number of nitrogens with zero attached hydrogens (tertiary/aromatic N) is 1. The second-order valence-corrected chi connectivity index (χ2v) is 7.86. The van der Waals surface area contributed by atoms with Crippen molar-refractivity contribution in [1.29, 1.82) is 0 Å². The van der Waals surface area contributed by atoms with Crippen molar-refractivity contribution in [3.05, 3.63) is 84.1 Å². The highest BCUT2D eigenvalue weighted by atomic mass is 32.2. The van der Waals surface area contributed by atoms with Gasteiger partial charge in [-0.15, -0.1) is 11.8 Å². The third kappa shape index (κ3) is 7.16. The third-order valence-corrected chi connectivity index (χ3v) is 5.40. The lowest BCUT2D eigenvalue weighted by atomic mass is 10.1. The number of benzene rings is 2. The molecule has 150 valence electrons. The van der Waals surface area contributed by atoms with Gasteiger partial charge in [0, 0.05) is 23.7 Å². The highest BCUT2D eigenvalue weighted by Crippen LogP contribution is 2.22. The van der Waals surface area contributed by atoms with Crippen molar-refractivity contribution in [1.82, 2.24) is 10.3 Å². The lowest BCUT2D eigenvalue weighted by Crippen LogP contribution is -2.36. The zero-order chi connectivity index (χ0) is 20.5. The van der Waals surface area contributed by atoms with Gasteiger partial charge in [0.15, 0.2) is 0 Å². The molecule has 0 aliphatic rings. The Labute approximate surface area is 175 Å². The molecule has 0 saturated heterocycles. The first-order valence-electron chi connectivity index (χ1n) is 9.57. The number of aryl methyl sites for hydroxylation is 1. The molecule has 0 saturated carbocycles. The maximum Gasteiger partial charge on any atom is 0.319 e. The van der Waals surface area contributed by atoms with Gasteiger partial charge >= 0.3 is 6.03 Å². The van der Waals surface area contributed by atoms with Crippen LogP contribution in [0.15, 0.2) is 78.0 Å². The van der Waals surface area contributed by atoms with E-state index < -0.39 is 0 Å². The first-order chi connectivity index (χ1) is 14.1. The predicted octanol–water partition coefficient (Wildman–Crippen LogP) is 5.22. The molecule has 5 nitrogen and oxygen atoms in total. The topological polar surface area (TPSA) is 74.2 Å². The van der Waals surface area contributed by atoms with Gasteiger partial charge in [-0.1, -0.05) is 30.3 Å². The van der Waals surface area contributed by atoms with E-state index in [0.717, 1.165) is 40.4 Å². The Morgan fingerprint density at radius 2 is 1.90 bits per heavy atom. The summed E-state index contributed by atoms with van der Waals surface area (Å²) in [6.45, 7) is 1.99. The number of urea groups is 1. The normalized spacial score (nSPS) is 11.6. The molecule has 3 N–H and O–H groups in total. The van der Waals surface area contributed by atoms with Crippen LogP contribution in [0, 0.1) is 0 Å². The van der Waals surface area contributed by atoms with Gasteiger partial charge in [-0.3, -0.25) is 0 Å². The number of hydrogen-bond acceptors (Lipinski definition) is 4. The van der Waals surface area contributed by atoms with Crippen molar-refractivity contribution in [2.75, 3.05) is 5.32 Å². The van der Waals surface area contributed by atoms with E-state index in [0.29, 0.717) is 0 Å². The molecule has 2 aromatic carbocycles. The number of hydrogen-bond donors (Lipinski definition) is 3. The molecule has 0 radical (unpaired) electrons. The molecule has 29 heavy (non-hydrogen) atoms. The summed E-state index contributed by atoms with van der Waals surface area (Å²) < 4.78 is 0. The van der Waals surface area contributed by atoms with Gasteiger partial charge in [0.05, 0.1) is 5.03 Å². The minimum Gasteiger partial charge on any atom is -0.508 e. The third-order valence-electron chi connectivity index (χ3n) is 4.39. The predicted molar refractivity (Wildman–Crippen MR) is 118 cm³/mol. The molecule has 3 rings (SSSR count). The van der Waals surface area contributed by atoms with E-state index in [1.54, 1.807) is 30.1 Å². The van der Waals surface area contributed by atoms with Gasteiger partial charge in [-0.25, -0.2) is 9.78 Å². The number of carbonyl (C=O) groups excluding carboxylic acids is 1. The van der Waals surface area contributed by atoms with Crippen LogP contribution in [-0.2, 0) is 12.2 Å². The Balaban J connectivity index is 1.45. The van der Waals surface area contributed by atoms with E-state index in [1.165, 1.54) is 0 Å². The summed E-state index contributed by atoms with van der Waals surface area (Å²) in [6, 6.07) is 20.7. The number of rotatable bonds is 8. The van der Waals surface area contributed by atoms with E-state index in [4.69, 9.17) is 0 Å². The molecular weight excluding hydrogens is 382 g/mol. The standard InChI is InChI=1S/C23H25N3O2S/c1-17(8-9-18-10-12-21(27)13-11-18)25-23(28)26-20-6-4-5-19(15-20)16-29-22-7-2-3-14-24-22/h2-7,10-15,17,27H,8-9,16H2,1H3,(H2,25,26,28). The molecule has 0 aliphatic heterocycles. The Bertz CT molecular complexity index is 917. The van der Waals surface area contributed by atoms with Gasteiger partial charge in [0.25, 0.3) is 0 Å². The average Bonchev–Trinajstić information content (AvgIpc) is 2.73. The van der Waals surface area contributed by atoms with E-state index in [1.807, 2.05) is 61.5 Å². The molecular formula is C23H25N3O2S. The van der Waals surface area contributed by atoms with Crippen molar-refractivity contribution in [3.8, 4) is 5.75 Å². The fourth-order valence-electron chi connectivity index (χ4n) is 2.84. The number of thioether (sulfide) groups is 1. The van der Waals surface area contributed by atoms with Gasteiger partial charge in [0.2, 0.25) is 0 Å². The SMILES string of the molecule is CC(CCc1ccc(O)cc1)NC(=O)Nc1cccc(CSc2ccccn2)c1. The summed E-state index contributed by atoms with van der Waals surface area (Å²) in [5, 5.41) is 16.2. The zero-order valence-electron chi connectivity index (χ0n) is 16.3. The van der Waals surface area contributed by atoms with Crippen molar-refractivity contribution in [3.63, 3.8) is 0 Å². The summed E-state index contributed by atoms with van der Waals surface area (Å²) in [5.41, 5.74) is 3.03. The smallest absolute Gasteiger partial charge is 0.319 e. The van der Waals surface area contributed by atoms with Crippen molar-refractivity contribution >= 4 is 23.5 Å². The van der Waals surface area contributed by atoms with Crippen LogP contribution in [0.2, 0.25) is 0 Å². The van der Waals surface area contributed by atoms with Crippen LogP contribution in [0.25, 0.3) is 0 Å². The Morgan fingerprint density at radius 1 is 1.07 bits per heavy atom. The number of phenolic OH excluding ortho intramolecular Hbond substituents is 1. The van der Waals surface area contributed by atoms with Crippen LogP contribution in [0.3, 0.4) is 0 Å². The van der Waals surface area contributed by atoms with E-state index in [9.17, 15) is 9.90 Å². The van der Waals surface area contributed by atoms with E-state index in [-0.39, 0.29) is 17.8 Å². The number of nitrogens with one attached hydrogen (secondary N) is 2. The lowest BCUT2D eigenvalue weighted by Gasteiger charge is -2.15. The van der Waals surface area contributed by atoms with Gasteiger partial charge in [-0.2, -0.15) is 0 Å². The molecule has 3 aromatic rings. The maximum atomic E-state index is 12.3. The van der Waals surface area contributed by atoms with Gasteiger partial charge in [0.1, 0.15) is 5.75 Å². The second kappa shape index (κ2) is 10.5. The van der Waals surface area contributed by atoms with Crippen molar-refractivity contribution in [2.24, 2.45) is 0 Å². The van der Waals surface area contributed by atoms with Crippen molar-refractivity contribution < 1.29 is 9.90 Å². The number of amides is 2. The average molecular weight is 408 g/mol. The Hall–Kier alpha value is -2.99. The summed E-state index contributed by atoms with van der Waals surface area (Å²) >= 11 is 1.66. The minimum absolute atomic E-state index is 0.0340. The first kappa shape index (κ1) is 20.7. The van der Waals surface area contributed by atoms with Crippen LogP contribution in [0.1, 0.15) is 24.5 Å². The highest BCUT2D eigenvalue weighted by molar-refractivity contribution is 7.98. The monoisotopic (exact) mass is 407 g/mol. The van der Waals surface area contributed by atoms with Crippen LogP contribution in [-0.4, -0.2) is 22.2 Å². The van der Waals surface area contributed by atoms with Crippen LogP contribution < -0.4 is 10.6 Å². The molecule has 1 aromatic heterocycles. The van der Waals surface area contributed by atoms with Crippen LogP contribution in [0.4, 0.5) is 10.5 Å². The Morgan fingerprint density at radius 3 is 2.66 bits per heavy atom. The number of phenols is 1. The fraction of sp³-hybridized carbons (Fsp3) is 0.217. The molecule has 0 spiro atoms. The molecule has 1 heterocycles. The number of anilines is 1.